The van der Waals surface area contributed by atoms with Crippen LogP contribution in [0.3, 0.4) is 0 Å². The highest BCUT2D eigenvalue weighted by atomic mass is 16.6. The number of ether oxygens (including phenoxy) is 1. The lowest BCUT2D eigenvalue weighted by Gasteiger charge is -2.37. The molecule has 3 amide bonds. The molecule has 2 saturated heterocycles. The van der Waals surface area contributed by atoms with Gasteiger partial charge in [-0.1, -0.05) is 30.3 Å². The van der Waals surface area contributed by atoms with E-state index in [1.807, 2.05) is 35.2 Å². The summed E-state index contributed by atoms with van der Waals surface area (Å²) in [7, 11) is 0. The maximum atomic E-state index is 12.6. The quantitative estimate of drug-likeness (QED) is 0.665. The first-order chi connectivity index (χ1) is 15.0. The number of benzene rings is 1. The van der Waals surface area contributed by atoms with Gasteiger partial charge < -0.3 is 19.9 Å². The van der Waals surface area contributed by atoms with E-state index in [1.165, 1.54) is 0 Å². The first kappa shape index (κ1) is 23.0. The van der Waals surface area contributed by atoms with Crippen molar-refractivity contribution in [2.24, 2.45) is 0 Å². The number of carbonyl (C=O) groups excluding carboxylic acids is 3. The Morgan fingerprint density at radius 3 is 2.03 bits per heavy atom. The number of hydrogen-bond donors (Lipinski definition) is 1. The summed E-state index contributed by atoms with van der Waals surface area (Å²) < 4.78 is 5.02. The number of nitrogens with zero attached hydrogens (tertiary/aromatic N) is 4. The van der Waals surface area contributed by atoms with E-state index in [0.717, 1.165) is 31.7 Å². The van der Waals surface area contributed by atoms with Gasteiger partial charge in [0.05, 0.1) is 19.7 Å². The van der Waals surface area contributed by atoms with Crippen LogP contribution in [0.2, 0.25) is 0 Å². The summed E-state index contributed by atoms with van der Waals surface area (Å²) in [6.07, 6.45) is -0.307. The zero-order valence-corrected chi connectivity index (χ0v) is 18.3. The number of piperazine rings is 2. The summed E-state index contributed by atoms with van der Waals surface area (Å²) in [5.74, 6) is 0.116. The van der Waals surface area contributed by atoms with Crippen LogP contribution in [0.25, 0.3) is 0 Å². The van der Waals surface area contributed by atoms with E-state index in [0.29, 0.717) is 52.4 Å². The molecular formula is C22H33N5O4. The lowest BCUT2D eigenvalue weighted by molar-refractivity contribution is -0.134. The number of nitrogens with one attached hydrogen (secondary N) is 1. The molecule has 3 rings (SSSR count). The van der Waals surface area contributed by atoms with Crippen LogP contribution < -0.4 is 5.32 Å². The SMILES string of the molecule is CCOC(=O)N1CCN(C(=O)CN2CCN(CC(=O)NCc3ccccc3)CC2)CC1. The molecule has 2 aliphatic heterocycles. The van der Waals surface area contributed by atoms with Gasteiger partial charge in [-0.25, -0.2) is 4.79 Å². The van der Waals surface area contributed by atoms with Gasteiger partial charge in [0, 0.05) is 58.9 Å². The summed E-state index contributed by atoms with van der Waals surface area (Å²) >= 11 is 0. The second-order valence-corrected chi connectivity index (χ2v) is 7.88. The van der Waals surface area contributed by atoms with Crippen molar-refractivity contribution >= 4 is 17.9 Å². The summed E-state index contributed by atoms with van der Waals surface area (Å²) in [4.78, 5) is 44.3. The van der Waals surface area contributed by atoms with Crippen molar-refractivity contribution in [3.8, 4) is 0 Å². The molecule has 0 aliphatic carbocycles. The third-order valence-electron chi connectivity index (χ3n) is 5.68. The second kappa shape index (κ2) is 11.7. The molecule has 0 radical (unpaired) electrons. The highest BCUT2D eigenvalue weighted by Crippen LogP contribution is 2.07. The minimum Gasteiger partial charge on any atom is -0.450 e. The lowest BCUT2D eigenvalue weighted by atomic mass is 10.2. The first-order valence-electron chi connectivity index (χ1n) is 11.0. The third kappa shape index (κ3) is 7.22. The van der Waals surface area contributed by atoms with Gasteiger partial charge in [0.25, 0.3) is 0 Å². The van der Waals surface area contributed by atoms with E-state index in [1.54, 1.807) is 11.8 Å². The average molecular weight is 432 g/mol. The largest absolute Gasteiger partial charge is 0.450 e. The molecule has 9 heteroatoms. The Bertz CT molecular complexity index is 729. The molecule has 170 valence electrons. The molecule has 1 N–H and O–H groups in total. The van der Waals surface area contributed by atoms with Crippen molar-refractivity contribution in [2.75, 3.05) is 72.1 Å². The van der Waals surface area contributed by atoms with Gasteiger partial charge in [-0.05, 0) is 12.5 Å². The predicted octanol–water partition coefficient (Wildman–Crippen LogP) is 0.221. The number of carbonyl (C=O) groups is 3. The normalized spacial score (nSPS) is 18.0. The molecule has 2 fully saturated rings. The minimum absolute atomic E-state index is 0.0212. The van der Waals surface area contributed by atoms with Crippen molar-refractivity contribution in [1.82, 2.24) is 24.9 Å². The van der Waals surface area contributed by atoms with Crippen LogP contribution in [0.5, 0.6) is 0 Å². The van der Waals surface area contributed by atoms with Crippen LogP contribution in [0.4, 0.5) is 4.79 Å². The number of amides is 3. The molecular weight excluding hydrogens is 398 g/mol. The van der Waals surface area contributed by atoms with Crippen molar-refractivity contribution in [3.63, 3.8) is 0 Å². The monoisotopic (exact) mass is 431 g/mol. The molecule has 1 aromatic carbocycles. The van der Waals surface area contributed by atoms with Crippen LogP contribution in [0, 0.1) is 0 Å². The zero-order chi connectivity index (χ0) is 22.1. The second-order valence-electron chi connectivity index (χ2n) is 7.88. The topological polar surface area (TPSA) is 85.4 Å². The fourth-order valence-corrected chi connectivity index (χ4v) is 3.81. The van der Waals surface area contributed by atoms with Crippen molar-refractivity contribution in [1.29, 1.82) is 0 Å². The molecule has 2 aliphatic rings. The van der Waals surface area contributed by atoms with Crippen LogP contribution in [0.15, 0.2) is 30.3 Å². The Kier molecular flexibility index (Phi) is 8.66. The highest BCUT2D eigenvalue weighted by Gasteiger charge is 2.27. The highest BCUT2D eigenvalue weighted by molar-refractivity contribution is 5.79. The van der Waals surface area contributed by atoms with E-state index in [2.05, 4.69) is 15.1 Å². The van der Waals surface area contributed by atoms with Gasteiger partial charge >= 0.3 is 6.09 Å². The number of hydrogen-bond acceptors (Lipinski definition) is 6. The molecule has 2 heterocycles. The molecule has 31 heavy (non-hydrogen) atoms. The zero-order valence-electron chi connectivity index (χ0n) is 18.3. The minimum atomic E-state index is -0.307. The molecule has 0 saturated carbocycles. The Morgan fingerprint density at radius 1 is 0.839 bits per heavy atom. The maximum absolute atomic E-state index is 12.6. The molecule has 0 bridgehead atoms. The smallest absolute Gasteiger partial charge is 0.409 e. The maximum Gasteiger partial charge on any atom is 0.409 e. The van der Waals surface area contributed by atoms with Crippen molar-refractivity contribution in [2.45, 2.75) is 13.5 Å². The van der Waals surface area contributed by atoms with E-state index < -0.39 is 0 Å². The Morgan fingerprint density at radius 2 is 1.42 bits per heavy atom. The molecule has 0 atom stereocenters. The number of rotatable bonds is 7. The first-order valence-corrected chi connectivity index (χ1v) is 11.0. The summed E-state index contributed by atoms with van der Waals surface area (Å²) in [6, 6.07) is 9.86. The van der Waals surface area contributed by atoms with Crippen LogP contribution in [0.1, 0.15) is 12.5 Å². The summed E-state index contributed by atoms with van der Waals surface area (Å²) in [5, 5.41) is 2.96. The van der Waals surface area contributed by atoms with Gasteiger partial charge in [-0.3, -0.25) is 19.4 Å². The molecule has 9 nitrogen and oxygen atoms in total. The third-order valence-corrected chi connectivity index (χ3v) is 5.68. The lowest BCUT2D eigenvalue weighted by Crippen LogP contribution is -2.55. The molecule has 1 aromatic rings. The van der Waals surface area contributed by atoms with Crippen molar-refractivity contribution < 1.29 is 19.1 Å². The van der Waals surface area contributed by atoms with Gasteiger partial charge in [0.15, 0.2) is 0 Å². The van der Waals surface area contributed by atoms with E-state index >= 15 is 0 Å². The standard InChI is InChI=1S/C22H33N5O4/c1-2-31-22(30)27-14-12-26(13-15-27)21(29)18-25-10-8-24(9-11-25)17-20(28)23-16-19-6-4-3-5-7-19/h3-7H,2,8-18H2,1H3,(H,23,28). The Balaban J connectivity index is 1.31. The van der Waals surface area contributed by atoms with Gasteiger partial charge in [0.2, 0.25) is 11.8 Å². The Labute approximate surface area is 183 Å². The van der Waals surface area contributed by atoms with E-state index in [9.17, 15) is 14.4 Å². The van der Waals surface area contributed by atoms with Gasteiger partial charge in [-0.15, -0.1) is 0 Å². The molecule has 0 aromatic heterocycles. The molecule has 0 unspecified atom stereocenters. The van der Waals surface area contributed by atoms with E-state index in [-0.39, 0.29) is 17.9 Å². The van der Waals surface area contributed by atoms with Crippen LogP contribution in [-0.2, 0) is 20.9 Å². The van der Waals surface area contributed by atoms with Crippen LogP contribution >= 0.6 is 0 Å². The summed E-state index contributed by atoms with van der Waals surface area (Å²) in [5.41, 5.74) is 1.09. The fraction of sp³-hybridized carbons (Fsp3) is 0.591. The molecule has 0 spiro atoms. The fourth-order valence-electron chi connectivity index (χ4n) is 3.81. The van der Waals surface area contributed by atoms with Crippen LogP contribution in [-0.4, -0.2) is 110 Å². The van der Waals surface area contributed by atoms with Gasteiger partial charge in [-0.2, -0.15) is 0 Å². The predicted molar refractivity (Wildman–Crippen MR) is 116 cm³/mol. The van der Waals surface area contributed by atoms with E-state index in [4.69, 9.17) is 4.74 Å². The van der Waals surface area contributed by atoms with Gasteiger partial charge in [0.1, 0.15) is 0 Å². The Hall–Kier alpha value is -2.65. The average Bonchev–Trinajstić information content (AvgIpc) is 2.80. The summed E-state index contributed by atoms with van der Waals surface area (Å²) in [6.45, 7) is 8.61. The van der Waals surface area contributed by atoms with Crippen molar-refractivity contribution in [3.05, 3.63) is 35.9 Å².